The fraction of sp³-hybridized carbons (Fsp3) is 0.722. The van der Waals surface area contributed by atoms with E-state index in [-0.39, 0.29) is 25.4 Å². The molecule has 24 heavy (non-hydrogen) atoms. The van der Waals surface area contributed by atoms with E-state index in [9.17, 15) is 14.4 Å². The molecule has 0 saturated heterocycles. The first kappa shape index (κ1) is 22.1. The molecule has 0 aliphatic rings. The summed E-state index contributed by atoms with van der Waals surface area (Å²) in [7, 11) is 0. The standard InChI is InChI=1S/C18H31NO5/c1-3-5-6-7-8-9-10-11-16(20)19-15(18(22)23)12-13-17(21)24-14-4-2/h4,15H,2-3,5-14H2,1H3,(H,19,20)(H,22,23). The van der Waals surface area contributed by atoms with Crippen molar-refractivity contribution < 1.29 is 24.2 Å². The molecule has 0 radical (unpaired) electrons. The zero-order valence-electron chi connectivity index (χ0n) is 14.7. The summed E-state index contributed by atoms with van der Waals surface area (Å²) in [5, 5.41) is 11.6. The number of carboxylic acids is 1. The lowest BCUT2D eigenvalue weighted by molar-refractivity contribution is -0.145. The van der Waals surface area contributed by atoms with Crippen LogP contribution in [-0.4, -0.2) is 35.6 Å². The van der Waals surface area contributed by atoms with Crippen LogP contribution in [0, 0.1) is 0 Å². The van der Waals surface area contributed by atoms with Crippen LogP contribution in [0.1, 0.15) is 71.1 Å². The van der Waals surface area contributed by atoms with Crippen molar-refractivity contribution in [1.29, 1.82) is 0 Å². The number of carboxylic acid groups (broad SMARTS) is 1. The fourth-order valence-corrected chi connectivity index (χ4v) is 2.25. The Morgan fingerprint density at radius 3 is 2.29 bits per heavy atom. The van der Waals surface area contributed by atoms with Gasteiger partial charge in [0.05, 0.1) is 0 Å². The largest absolute Gasteiger partial charge is 0.480 e. The molecule has 0 spiro atoms. The number of carbonyl (C=O) groups is 3. The molecule has 0 aromatic carbocycles. The Bertz CT molecular complexity index is 395. The Labute approximate surface area is 144 Å². The van der Waals surface area contributed by atoms with E-state index in [1.54, 1.807) is 0 Å². The second-order valence-corrected chi connectivity index (χ2v) is 5.84. The first-order chi connectivity index (χ1) is 11.5. The molecule has 0 rings (SSSR count). The number of rotatable bonds is 15. The van der Waals surface area contributed by atoms with Crippen molar-refractivity contribution in [3.05, 3.63) is 12.7 Å². The minimum Gasteiger partial charge on any atom is -0.480 e. The van der Waals surface area contributed by atoms with Crippen molar-refractivity contribution in [2.24, 2.45) is 0 Å². The van der Waals surface area contributed by atoms with Gasteiger partial charge >= 0.3 is 11.9 Å². The molecule has 6 nitrogen and oxygen atoms in total. The van der Waals surface area contributed by atoms with Gasteiger partial charge in [-0.2, -0.15) is 0 Å². The predicted molar refractivity (Wildman–Crippen MR) is 92.6 cm³/mol. The van der Waals surface area contributed by atoms with Gasteiger partial charge in [0.25, 0.3) is 0 Å². The van der Waals surface area contributed by atoms with E-state index < -0.39 is 18.0 Å². The van der Waals surface area contributed by atoms with Gasteiger partial charge in [-0.3, -0.25) is 9.59 Å². The quantitative estimate of drug-likeness (QED) is 0.271. The van der Waals surface area contributed by atoms with Crippen molar-refractivity contribution in [2.75, 3.05) is 6.61 Å². The summed E-state index contributed by atoms with van der Waals surface area (Å²) in [4.78, 5) is 34.3. The van der Waals surface area contributed by atoms with Crippen LogP contribution in [0.25, 0.3) is 0 Å². The van der Waals surface area contributed by atoms with Gasteiger partial charge in [-0.1, -0.05) is 58.1 Å². The predicted octanol–water partition coefficient (Wildman–Crippen LogP) is 3.21. The van der Waals surface area contributed by atoms with Gasteiger partial charge in [0.2, 0.25) is 5.91 Å². The van der Waals surface area contributed by atoms with Gasteiger partial charge in [-0.25, -0.2) is 4.79 Å². The zero-order valence-corrected chi connectivity index (χ0v) is 14.7. The molecule has 0 bridgehead atoms. The summed E-state index contributed by atoms with van der Waals surface area (Å²) in [6.45, 7) is 5.69. The Balaban J connectivity index is 3.92. The highest BCUT2D eigenvalue weighted by molar-refractivity contribution is 5.84. The van der Waals surface area contributed by atoms with Crippen molar-refractivity contribution in [3.63, 3.8) is 0 Å². The zero-order chi connectivity index (χ0) is 18.2. The highest BCUT2D eigenvalue weighted by atomic mass is 16.5. The maximum absolute atomic E-state index is 11.8. The Morgan fingerprint density at radius 1 is 1.08 bits per heavy atom. The molecule has 0 heterocycles. The molecule has 0 aromatic rings. The summed E-state index contributed by atoms with van der Waals surface area (Å²) in [5.41, 5.74) is 0. The minimum absolute atomic E-state index is 0.0219. The van der Waals surface area contributed by atoms with E-state index in [1.165, 1.54) is 31.8 Å². The molecular formula is C18H31NO5. The molecule has 1 amide bonds. The van der Waals surface area contributed by atoms with E-state index in [4.69, 9.17) is 9.84 Å². The van der Waals surface area contributed by atoms with Crippen LogP contribution in [0.5, 0.6) is 0 Å². The second kappa shape index (κ2) is 14.7. The van der Waals surface area contributed by atoms with E-state index in [0.717, 1.165) is 19.3 Å². The van der Waals surface area contributed by atoms with Gasteiger partial charge in [0, 0.05) is 12.8 Å². The van der Waals surface area contributed by atoms with Crippen LogP contribution < -0.4 is 5.32 Å². The molecule has 0 aliphatic carbocycles. The number of unbranched alkanes of at least 4 members (excludes halogenated alkanes) is 6. The third-order valence-corrected chi connectivity index (χ3v) is 3.64. The minimum atomic E-state index is -1.14. The van der Waals surface area contributed by atoms with Crippen LogP contribution in [0.3, 0.4) is 0 Å². The van der Waals surface area contributed by atoms with Crippen molar-refractivity contribution >= 4 is 17.8 Å². The number of hydrogen-bond acceptors (Lipinski definition) is 4. The van der Waals surface area contributed by atoms with Gasteiger partial charge < -0.3 is 15.2 Å². The molecule has 2 N–H and O–H groups in total. The Kier molecular flexibility index (Phi) is 13.6. The second-order valence-electron chi connectivity index (χ2n) is 5.84. The Hall–Kier alpha value is -1.85. The summed E-state index contributed by atoms with van der Waals surface area (Å²) in [5.74, 6) is -1.92. The number of hydrogen-bond donors (Lipinski definition) is 2. The van der Waals surface area contributed by atoms with Crippen molar-refractivity contribution in [3.8, 4) is 0 Å². The van der Waals surface area contributed by atoms with Gasteiger partial charge in [0.15, 0.2) is 0 Å². The normalized spacial score (nSPS) is 11.5. The molecule has 1 unspecified atom stereocenters. The van der Waals surface area contributed by atoms with Crippen molar-refractivity contribution in [2.45, 2.75) is 77.2 Å². The summed E-state index contributed by atoms with van der Waals surface area (Å²) >= 11 is 0. The smallest absolute Gasteiger partial charge is 0.326 e. The highest BCUT2D eigenvalue weighted by Crippen LogP contribution is 2.09. The first-order valence-corrected chi connectivity index (χ1v) is 8.80. The molecular weight excluding hydrogens is 310 g/mol. The van der Waals surface area contributed by atoms with Gasteiger partial charge in [-0.05, 0) is 12.8 Å². The van der Waals surface area contributed by atoms with E-state index in [1.807, 2.05) is 0 Å². The number of carbonyl (C=O) groups excluding carboxylic acids is 2. The van der Waals surface area contributed by atoms with Crippen LogP contribution in [0.4, 0.5) is 0 Å². The monoisotopic (exact) mass is 341 g/mol. The average Bonchev–Trinajstić information content (AvgIpc) is 2.55. The lowest BCUT2D eigenvalue weighted by Gasteiger charge is -2.14. The third kappa shape index (κ3) is 12.7. The summed E-state index contributed by atoms with van der Waals surface area (Å²) in [6.07, 6.45) is 9.42. The number of esters is 1. The SMILES string of the molecule is C=CCOC(=O)CCC(NC(=O)CCCCCCCCC)C(=O)O. The summed E-state index contributed by atoms with van der Waals surface area (Å²) < 4.78 is 4.78. The maximum atomic E-state index is 11.8. The highest BCUT2D eigenvalue weighted by Gasteiger charge is 2.21. The molecule has 138 valence electrons. The fourth-order valence-electron chi connectivity index (χ4n) is 2.25. The van der Waals surface area contributed by atoms with Gasteiger partial charge in [-0.15, -0.1) is 0 Å². The molecule has 6 heteroatoms. The lowest BCUT2D eigenvalue weighted by Crippen LogP contribution is -2.41. The number of nitrogens with one attached hydrogen (secondary N) is 1. The lowest BCUT2D eigenvalue weighted by atomic mass is 10.1. The van der Waals surface area contributed by atoms with Gasteiger partial charge in [0.1, 0.15) is 12.6 Å². The molecule has 0 saturated carbocycles. The number of aliphatic carboxylic acids is 1. The van der Waals surface area contributed by atoms with Crippen LogP contribution in [0.2, 0.25) is 0 Å². The van der Waals surface area contributed by atoms with Crippen LogP contribution in [-0.2, 0) is 19.1 Å². The molecule has 1 atom stereocenters. The Morgan fingerprint density at radius 2 is 1.71 bits per heavy atom. The first-order valence-electron chi connectivity index (χ1n) is 8.80. The number of amides is 1. The average molecular weight is 341 g/mol. The van der Waals surface area contributed by atoms with E-state index in [2.05, 4.69) is 18.8 Å². The number of ether oxygens (including phenoxy) is 1. The van der Waals surface area contributed by atoms with E-state index >= 15 is 0 Å². The maximum Gasteiger partial charge on any atom is 0.326 e. The van der Waals surface area contributed by atoms with E-state index in [0.29, 0.717) is 6.42 Å². The summed E-state index contributed by atoms with van der Waals surface area (Å²) in [6, 6.07) is -1.06. The van der Waals surface area contributed by atoms with Crippen molar-refractivity contribution in [1.82, 2.24) is 5.32 Å². The molecule has 0 aliphatic heterocycles. The third-order valence-electron chi connectivity index (χ3n) is 3.64. The topological polar surface area (TPSA) is 92.7 Å². The molecule has 0 aromatic heterocycles. The molecule has 0 fully saturated rings. The van der Waals surface area contributed by atoms with Crippen LogP contribution in [0.15, 0.2) is 12.7 Å². The van der Waals surface area contributed by atoms with Crippen LogP contribution >= 0.6 is 0 Å².